The fourth-order valence-electron chi connectivity index (χ4n) is 1.35. The van der Waals surface area contributed by atoms with Crippen LogP contribution in [-0.4, -0.2) is 10.9 Å². The first-order valence-electron chi connectivity index (χ1n) is 5.16. The minimum absolute atomic E-state index is 0.273. The van der Waals surface area contributed by atoms with E-state index in [0.717, 1.165) is 25.0 Å². The molecule has 18 heavy (non-hydrogen) atoms. The zero-order valence-corrected chi connectivity index (χ0v) is 12.8. The predicted octanol–water partition coefficient (Wildman–Crippen LogP) is 3.49. The smallest absolute Gasteiger partial charge is 0.222 e. The minimum Gasteiger partial charge on any atom is -0.369 e. The van der Waals surface area contributed by atoms with E-state index in [4.69, 9.17) is 17.3 Å². The van der Waals surface area contributed by atoms with E-state index in [1.54, 1.807) is 23.1 Å². The number of carbonyl (C=O) groups excluding carboxylic acids is 1. The Morgan fingerprint density at radius 3 is 2.89 bits per heavy atom. The summed E-state index contributed by atoms with van der Waals surface area (Å²) in [6, 6.07) is 3.92. The van der Waals surface area contributed by atoms with Gasteiger partial charge >= 0.3 is 0 Å². The molecule has 1 amide bonds. The third kappa shape index (κ3) is 3.71. The number of hydrogen-bond acceptors (Lipinski definition) is 5. The zero-order chi connectivity index (χ0) is 13.1. The van der Waals surface area contributed by atoms with Gasteiger partial charge in [0.1, 0.15) is 0 Å². The average molecular weight is 319 g/mol. The molecular formula is C11H11ClN2OS3. The van der Waals surface area contributed by atoms with Crippen molar-refractivity contribution in [3.8, 4) is 0 Å². The number of thiazole rings is 1. The van der Waals surface area contributed by atoms with Crippen LogP contribution in [0.5, 0.6) is 0 Å². The number of carbonyl (C=O) groups is 1. The molecule has 2 rings (SSSR count). The topological polar surface area (TPSA) is 56.0 Å². The molecule has 0 aliphatic rings. The molecule has 0 atom stereocenters. The van der Waals surface area contributed by atoms with Gasteiger partial charge < -0.3 is 5.73 Å². The van der Waals surface area contributed by atoms with Crippen LogP contribution in [0.25, 0.3) is 0 Å². The fraction of sp³-hybridized carbons (Fsp3) is 0.273. The van der Waals surface area contributed by atoms with Crippen molar-refractivity contribution in [2.24, 2.45) is 5.73 Å². The van der Waals surface area contributed by atoms with Gasteiger partial charge in [0.25, 0.3) is 0 Å². The maximum absolute atomic E-state index is 10.9. The van der Waals surface area contributed by atoms with Crippen LogP contribution in [0.2, 0.25) is 4.34 Å². The van der Waals surface area contributed by atoms with E-state index in [1.165, 1.54) is 16.2 Å². The first-order chi connectivity index (χ1) is 8.54. The second-order valence-corrected chi connectivity index (χ2v) is 7.73. The molecule has 0 radical (unpaired) electrons. The molecule has 2 aromatic heterocycles. The standard InChI is InChI=1S/C11H11ClN2OS3/c1-6-8(4-10(13)15)18-11(14-6)16-5-7-2-3-9(12)17-7/h2-3H,4-5H2,1H3,(H2,13,15). The number of nitrogens with two attached hydrogens (primary N) is 1. The van der Waals surface area contributed by atoms with Crippen LogP contribution >= 0.6 is 46.0 Å². The fourth-order valence-corrected chi connectivity index (χ4v) is 4.72. The molecule has 0 fully saturated rings. The number of hydrogen-bond donors (Lipinski definition) is 1. The van der Waals surface area contributed by atoms with Gasteiger partial charge in [-0.25, -0.2) is 4.98 Å². The molecule has 0 aromatic carbocycles. The largest absolute Gasteiger partial charge is 0.369 e. The van der Waals surface area contributed by atoms with Crippen molar-refractivity contribution in [3.63, 3.8) is 0 Å². The summed E-state index contributed by atoms with van der Waals surface area (Å²) in [4.78, 5) is 17.5. The Kier molecular flexibility index (Phi) is 4.66. The summed E-state index contributed by atoms with van der Waals surface area (Å²) >= 11 is 10.6. The van der Waals surface area contributed by atoms with E-state index in [-0.39, 0.29) is 12.3 Å². The van der Waals surface area contributed by atoms with E-state index in [1.807, 2.05) is 19.1 Å². The number of aryl methyl sites for hydroxylation is 1. The van der Waals surface area contributed by atoms with Crippen LogP contribution in [-0.2, 0) is 17.0 Å². The molecule has 0 saturated carbocycles. The van der Waals surface area contributed by atoms with Gasteiger partial charge in [-0.1, -0.05) is 23.4 Å². The molecule has 2 N–H and O–H groups in total. The molecular weight excluding hydrogens is 308 g/mol. The van der Waals surface area contributed by atoms with Gasteiger partial charge in [-0.05, 0) is 19.1 Å². The van der Waals surface area contributed by atoms with Gasteiger partial charge in [-0.2, -0.15) is 0 Å². The SMILES string of the molecule is Cc1nc(SCc2ccc(Cl)s2)sc1CC(N)=O. The summed E-state index contributed by atoms with van der Waals surface area (Å²) in [5.74, 6) is 0.531. The third-order valence-corrected chi connectivity index (χ3v) is 5.94. The molecule has 7 heteroatoms. The van der Waals surface area contributed by atoms with Gasteiger partial charge in [0.05, 0.1) is 16.5 Å². The van der Waals surface area contributed by atoms with Crippen LogP contribution in [0.3, 0.4) is 0 Å². The van der Waals surface area contributed by atoms with Gasteiger partial charge in [-0.15, -0.1) is 22.7 Å². The highest BCUT2D eigenvalue weighted by Crippen LogP contribution is 2.32. The lowest BCUT2D eigenvalue weighted by atomic mass is 10.3. The lowest BCUT2D eigenvalue weighted by molar-refractivity contribution is -0.117. The van der Waals surface area contributed by atoms with Gasteiger partial charge in [0.2, 0.25) is 5.91 Å². The Labute approximate surface area is 122 Å². The van der Waals surface area contributed by atoms with Crippen LogP contribution in [0.1, 0.15) is 15.4 Å². The first kappa shape index (κ1) is 13.9. The van der Waals surface area contributed by atoms with E-state index >= 15 is 0 Å². The summed E-state index contributed by atoms with van der Waals surface area (Å²) in [7, 11) is 0. The summed E-state index contributed by atoms with van der Waals surface area (Å²) in [6.07, 6.45) is 0.273. The van der Waals surface area contributed by atoms with Crippen molar-refractivity contribution in [3.05, 3.63) is 31.9 Å². The summed E-state index contributed by atoms with van der Waals surface area (Å²) in [5.41, 5.74) is 6.08. The molecule has 0 saturated heterocycles. The number of halogens is 1. The summed E-state index contributed by atoms with van der Waals surface area (Å²) < 4.78 is 1.77. The Bertz CT molecular complexity index is 564. The molecule has 3 nitrogen and oxygen atoms in total. The van der Waals surface area contributed by atoms with Crippen LogP contribution in [0, 0.1) is 6.92 Å². The Hall–Kier alpha value is -0.560. The van der Waals surface area contributed by atoms with Crippen LogP contribution < -0.4 is 5.73 Å². The molecule has 0 aliphatic heterocycles. The monoisotopic (exact) mass is 318 g/mol. The maximum atomic E-state index is 10.9. The van der Waals surface area contributed by atoms with Crippen molar-refractivity contribution in [1.82, 2.24) is 4.98 Å². The quantitative estimate of drug-likeness (QED) is 0.859. The third-order valence-electron chi connectivity index (χ3n) is 2.17. The number of primary amides is 1. The van der Waals surface area contributed by atoms with Gasteiger partial charge in [0, 0.05) is 15.5 Å². The van der Waals surface area contributed by atoms with Crippen molar-refractivity contribution >= 4 is 51.9 Å². The molecule has 2 heterocycles. The molecule has 0 unspecified atom stereocenters. The number of thioether (sulfide) groups is 1. The Morgan fingerprint density at radius 1 is 1.50 bits per heavy atom. The van der Waals surface area contributed by atoms with E-state index in [0.29, 0.717) is 0 Å². The molecule has 0 spiro atoms. The number of aromatic nitrogens is 1. The summed E-state index contributed by atoms with van der Waals surface area (Å²) in [6.45, 7) is 1.90. The van der Waals surface area contributed by atoms with Crippen molar-refractivity contribution in [2.45, 2.75) is 23.4 Å². The Balaban J connectivity index is 1.99. The first-order valence-corrected chi connectivity index (χ1v) is 8.16. The van der Waals surface area contributed by atoms with Gasteiger partial charge in [0.15, 0.2) is 4.34 Å². The van der Waals surface area contributed by atoms with Crippen molar-refractivity contribution < 1.29 is 4.79 Å². The van der Waals surface area contributed by atoms with E-state index < -0.39 is 0 Å². The molecule has 0 bridgehead atoms. The normalized spacial score (nSPS) is 10.8. The second-order valence-electron chi connectivity index (χ2n) is 3.63. The number of nitrogens with zero attached hydrogens (tertiary/aromatic N) is 1. The zero-order valence-electron chi connectivity index (χ0n) is 9.60. The van der Waals surface area contributed by atoms with Crippen molar-refractivity contribution in [1.29, 1.82) is 0 Å². The average Bonchev–Trinajstić information content (AvgIpc) is 2.83. The van der Waals surface area contributed by atoms with E-state index in [9.17, 15) is 4.79 Å². The minimum atomic E-state index is -0.316. The number of rotatable bonds is 5. The molecule has 96 valence electrons. The highest BCUT2D eigenvalue weighted by Gasteiger charge is 2.10. The lowest BCUT2D eigenvalue weighted by Gasteiger charge is -1.93. The lowest BCUT2D eigenvalue weighted by Crippen LogP contribution is -2.13. The maximum Gasteiger partial charge on any atom is 0.222 e. The number of amides is 1. The predicted molar refractivity (Wildman–Crippen MR) is 78.6 cm³/mol. The highest BCUT2D eigenvalue weighted by atomic mass is 35.5. The number of thiophene rings is 1. The van der Waals surface area contributed by atoms with Crippen molar-refractivity contribution in [2.75, 3.05) is 0 Å². The highest BCUT2D eigenvalue weighted by molar-refractivity contribution is 8.00. The summed E-state index contributed by atoms with van der Waals surface area (Å²) in [5, 5.41) is 0. The molecule has 0 aliphatic carbocycles. The van der Waals surface area contributed by atoms with Crippen LogP contribution in [0.4, 0.5) is 0 Å². The van der Waals surface area contributed by atoms with Crippen LogP contribution in [0.15, 0.2) is 16.5 Å². The Morgan fingerprint density at radius 2 is 2.28 bits per heavy atom. The second kappa shape index (κ2) is 6.06. The van der Waals surface area contributed by atoms with E-state index in [2.05, 4.69) is 4.98 Å². The molecule has 2 aromatic rings. The van der Waals surface area contributed by atoms with Gasteiger partial charge in [-0.3, -0.25) is 4.79 Å².